The molecular weight excluding hydrogens is 126 g/mol. The van der Waals surface area contributed by atoms with E-state index in [1.165, 1.54) is 5.57 Å². The molecule has 0 aromatic rings. The maximum absolute atomic E-state index is 8.65. The number of aliphatic hydroxyl groups excluding tert-OH is 1. The minimum absolute atomic E-state index is 0.291. The summed E-state index contributed by atoms with van der Waals surface area (Å²) < 4.78 is 0. The molecular formula is C8H15NO. The summed E-state index contributed by atoms with van der Waals surface area (Å²) in [7, 11) is 2.12. The fourth-order valence-electron chi connectivity index (χ4n) is 1.30. The highest BCUT2D eigenvalue weighted by Crippen LogP contribution is 2.09. The number of likely N-dealkylation sites (N-methyl/N-ethyl adjacent to an activating group) is 1. The molecule has 2 nitrogen and oxygen atoms in total. The van der Waals surface area contributed by atoms with Crippen LogP contribution >= 0.6 is 0 Å². The monoisotopic (exact) mass is 141 g/mol. The third kappa shape index (κ3) is 2.12. The van der Waals surface area contributed by atoms with Crippen molar-refractivity contribution in [1.29, 1.82) is 0 Å². The van der Waals surface area contributed by atoms with Crippen LogP contribution in [-0.4, -0.2) is 36.8 Å². The second-order valence-corrected chi connectivity index (χ2v) is 2.86. The Bertz CT molecular complexity index is 131. The van der Waals surface area contributed by atoms with E-state index in [1.807, 2.05) is 0 Å². The van der Waals surface area contributed by atoms with Gasteiger partial charge in [-0.3, -0.25) is 0 Å². The first-order valence-corrected chi connectivity index (χ1v) is 3.80. The van der Waals surface area contributed by atoms with Gasteiger partial charge < -0.3 is 10.0 Å². The average molecular weight is 141 g/mol. The molecule has 0 amide bonds. The molecule has 0 saturated heterocycles. The van der Waals surface area contributed by atoms with E-state index in [-0.39, 0.29) is 0 Å². The molecule has 2 heteroatoms. The maximum Gasteiger partial charge on any atom is 0.0468 e. The summed E-state index contributed by atoms with van der Waals surface area (Å²) in [6, 6.07) is 0. The summed E-state index contributed by atoms with van der Waals surface area (Å²) in [5, 5.41) is 8.65. The molecule has 1 aliphatic rings. The summed E-state index contributed by atoms with van der Waals surface area (Å²) in [5.74, 6) is 0. The molecule has 0 saturated carbocycles. The Balaban J connectivity index is 2.36. The SMILES string of the molecule is CN1CCC=C(CCO)C1. The van der Waals surface area contributed by atoms with Gasteiger partial charge in [0.05, 0.1) is 0 Å². The Morgan fingerprint density at radius 2 is 2.50 bits per heavy atom. The van der Waals surface area contributed by atoms with Crippen LogP contribution in [0.25, 0.3) is 0 Å². The molecule has 1 heterocycles. The molecule has 0 atom stereocenters. The fourth-order valence-corrected chi connectivity index (χ4v) is 1.30. The number of hydrogen-bond donors (Lipinski definition) is 1. The van der Waals surface area contributed by atoms with Crippen LogP contribution in [0.5, 0.6) is 0 Å². The van der Waals surface area contributed by atoms with Crippen molar-refractivity contribution in [1.82, 2.24) is 4.90 Å². The summed E-state index contributed by atoms with van der Waals surface area (Å²) in [4.78, 5) is 2.28. The highest BCUT2D eigenvalue weighted by atomic mass is 16.2. The Kier molecular flexibility index (Phi) is 2.90. The van der Waals surface area contributed by atoms with Gasteiger partial charge in [0.25, 0.3) is 0 Å². The van der Waals surface area contributed by atoms with Crippen molar-refractivity contribution in [3.63, 3.8) is 0 Å². The lowest BCUT2D eigenvalue weighted by atomic mass is 10.1. The number of aliphatic hydroxyl groups is 1. The van der Waals surface area contributed by atoms with Gasteiger partial charge in [-0.05, 0) is 19.9 Å². The van der Waals surface area contributed by atoms with Crippen LogP contribution in [-0.2, 0) is 0 Å². The Morgan fingerprint density at radius 1 is 1.70 bits per heavy atom. The van der Waals surface area contributed by atoms with Gasteiger partial charge in [-0.2, -0.15) is 0 Å². The van der Waals surface area contributed by atoms with Gasteiger partial charge in [0, 0.05) is 19.7 Å². The minimum Gasteiger partial charge on any atom is -0.396 e. The quantitative estimate of drug-likeness (QED) is 0.570. The second-order valence-electron chi connectivity index (χ2n) is 2.86. The smallest absolute Gasteiger partial charge is 0.0468 e. The van der Waals surface area contributed by atoms with E-state index in [4.69, 9.17) is 5.11 Å². The molecule has 0 bridgehead atoms. The molecule has 58 valence electrons. The van der Waals surface area contributed by atoms with E-state index in [2.05, 4.69) is 18.0 Å². The predicted molar refractivity (Wildman–Crippen MR) is 41.9 cm³/mol. The van der Waals surface area contributed by atoms with Gasteiger partial charge >= 0.3 is 0 Å². The van der Waals surface area contributed by atoms with E-state index in [9.17, 15) is 0 Å². The van der Waals surface area contributed by atoms with E-state index in [1.54, 1.807) is 0 Å². The number of nitrogens with zero attached hydrogens (tertiary/aromatic N) is 1. The van der Waals surface area contributed by atoms with Crippen molar-refractivity contribution >= 4 is 0 Å². The van der Waals surface area contributed by atoms with Gasteiger partial charge in [-0.25, -0.2) is 0 Å². The van der Waals surface area contributed by atoms with Gasteiger partial charge in [-0.1, -0.05) is 11.6 Å². The zero-order valence-corrected chi connectivity index (χ0v) is 6.51. The molecule has 0 aliphatic carbocycles. The van der Waals surface area contributed by atoms with Crippen LogP contribution in [0, 0.1) is 0 Å². The molecule has 0 radical (unpaired) electrons. The van der Waals surface area contributed by atoms with Crippen molar-refractivity contribution in [2.45, 2.75) is 12.8 Å². The van der Waals surface area contributed by atoms with Gasteiger partial charge in [0.1, 0.15) is 0 Å². The van der Waals surface area contributed by atoms with Crippen molar-refractivity contribution in [3.8, 4) is 0 Å². The fraction of sp³-hybridized carbons (Fsp3) is 0.750. The van der Waals surface area contributed by atoms with Crippen molar-refractivity contribution in [3.05, 3.63) is 11.6 Å². The highest BCUT2D eigenvalue weighted by molar-refractivity contribution is 5.07. The Labute approximate surface area is 62.2 Å². The summed E-state index contributed by atoms with van der Waals surface area (Å²) in [5.41, 5.74) is 1.39. The van der Waals surface area contributed by atoms with Crippen LogP contribution in [0.15, 0.2) is 11.6 Å². The van der Waals surface area contributed by atoms with E-state index < -0.39 is 0 Å². The van der Waals surface area contributed by atoms with Crippen LogP contribution in [0.4, 0.5) is 0 Å². The molecule has 1 aliphatic heterocycles. The average Bonchev–Trinajstić information content (AvgIpc) is 1.88. The highest BCUT2D eigenvalue weighted by Gasteiger charge is 2.06. The maximum atomic E-state index is 8.65. The Morgan fingerprint density at radius 3 is 3.10 bits per heavy atom. The Hall–Kier alpha value is -0.340. The summed E-state index contributed by atoms with van der Waals surface area (Å²) >= 11 is 0. The molecule has 0 unspecified atom stereocenters. The largest absolute Gasteiger partial charge is 0.396 e. The number of rotatable bonds is 2. The third-order valence-electron chi connectivity index (χ3n) is 1.85. The standard InChI is InChI=1S/C8H15NO/c1-9-5-2-3-8(7-9)4-6-10/h3,10H,2,4-7H2,1H3. The first kappa shape index (κ1) is 7.76. The first-order chi connectivity index (χ1) is 4.83. The lowest BCUT2D eigenvalue weighted by Gasteiger charge is -2.22. The van der Waals surface area contributed by atoms with Crippen molar-refractivity contribution in [2.24, 2.45) is 0 Å². The minimum atomic E-state index is 0.291. The lowest BCUT2D eigenvalue weighted by Crippen LogP contribution is -2.25. The first-order valence-electron chi connectivity index (χ1n) is 3.80. The molecule has 0 spiro atoms. The molecule has 1 N–H and O–H groups in total. The van der Waals surface area contributed by atoms with E-state index in [0.29, 0.717) is 6.61 Å². The number of hydrogen-bond acceptors (Lipinski definition) is 2. The molecule has 0 fully saturated rings. The molecule has 0 aromatic carbocycles. The zero-order chi connectivity index (χ0) is 7.40. The zero-order valence-electron chi connectivity index (χ0n) is 6.51. The van der Waals surface area contributed by atoms with Crippen LogP contribution in [0.1, 0.15) is 12.8 Å². The summed E-state index contributed by atoms with van der Waals surface area (Å²) in [6.07, 6.45) is 4.24. The van der Waals surface area contributed by atoms with E-state index in [0.717, 1.165) is 25.9 Å². The van der Waals surface area contributed by atoms with Gasteiger partial charge in [0.2, 0.25) is 0 Å². The van der Waals surface area contributed by atoms with E-state index >= 15 is 0 Å². The second kappa shape index (κ2) is 3.74. The van der Waals surface area contributed by atoms with Gasteiger partial charge in [0.15, 0.2) is 0 Å². The van der Waals surface area contributed by atoms with Crippen LogP contribution in [0.2, 0.25) is 0 Å². The molecule has 0 aromatic heterocycles. The van der Waals surface area contributed by atoms with Crippen molar-refractivity contribution in [2.75, 3.05) is 26.7 Å². The summed E-state index contributed by atoms with van der Waals surface area (Å²) in [6.45, 7) is 2.50. The van der Waals surface area contributed by atoms with Gasteiger partial charge in [-0.15, -0.1) is 0 Å². The molecule has 1 rings (SSSR count). The predicted octanol–water partition coefficient (Wildman–Crippen LogP) is 0.631. The normalized spacial score (nSPS) is 20.8. The molecule has 10 heavy (non-hydrogen) atoms. The third-order valence-corrected chi connectivity index (χ3v) is 1.85. The lowest BCUT2D eigenvalue weighted by molar-refractivity contribution is 0.285. The van der Waals surface area contributed by atoms with Crippen LogP contribution < -0.4 is 0 Å². The van der Waals surface area contributed by atoms with Crippen molar-refractivity contribution < 1.29 is 5.11 Å². The topological polar surface area (TPSA) is 23.5 Å². The van der Waals surface area contributed by atoms with Crippen LogP contribution in [0.3, 0.4) is 0 Å².